The molecular weight excluding hydrogens is 140 g/mol. The van der Waals surface area contributed by atoms with Crippen LogP contribution in [0.5, 0.6) is 0 Å². The number of hydrogen-bond donors (Lipinski definition) is 0. The van der Waals surface area contributed by atoms with E-state index in [1.165, 1.54) is 0 Å². The van der Waals surface area contributed by atoms with Gasteiger partial charge in [0.25, 0.3) is 0 Å². The Morgan fingerprint density at radius 1 is 1.82 bits per heavy atom. The van der Waals surface area contributed by atoms with Crippen molar-refractivity contribution in [2.75, 3.05) is 13.6 Å². The molecular formula is C8H12N2O. The molecule has 2 unspecified atom stereocenters. The van der Waals surface area contributed by atoms with Crippen LogP contribution < -0.4 is 0 Å². The lowest BCUT2D eigenvalue weighted by atomic mass is 10.0. The molecule has 1 rings (SSSR count). The van der Waals surface area contributed by atoms with Crippen molar-refractivity contribution in [1.29, 1.82) is 5.26 Å². The third kappa shape index (κ3) is 1.26. The highest BCUT2D eigenvalue weighted by Crippen LogP contribution is 2.18. The number of likely N-dealkylation sites (N-methyl/N-ethyl adjacent to an activating group) is 1. The minimum absolute atomic E-state index is 0.0142. The first kappa shape index (κ1) is 8.22. The summed E-state index contributed by atoms with van der Waals surface area (Å²) in [6.45, 7) is 2.58. The molecule has 0 saturated carbocycles. The number of ketones is 1. The highest BCUT2D eigenvalue weighted by molar-refractivity contribution is 5.90. The molecule has 3 nitrogen and oxygen atoms in total. The summed E-state index contributed by atoms with van der Waals surface area (Å²) in [7, 11) is 1.89. The van der Waals surface area contributed by atoms with Crippen LogP contribution in [0.1, 0.15) is 13.3 Å². The van der Waals surface area contributed by atoms with E-state index in [1.54, 1.807) is 0 Å². The van der Waals surface area contributed by atoms with E-state index in [2.05, 4.69) is 0 Å². The molecule has 0 N–H and O–H groups in total. The van der Waals surface area contributed by atoms with Crippen molar-refractivity contribution in [2.24, 2.45) is 5.92 Å². The molecule has 1 fully saturated rings. The molecule has 11 heavy (non-hydrogen) atoms. The van der Waals surface area contributed by atoms with Gasteiger partial charge in [-0.3, -0.25) is 9.69 Å². The summed E-state index contributed by atoms with van der Waals surface area (Å²) < 4.78 is 0. The van der Waals surface area contributed by atoms with Gasteiger partial charge in [-0.15, -0.1) is 0 Å². The molecule has 0 amide bonds. The normalized spacial score (nSPS) is 32.3. The fourth-order valence-corrected chi connectivity index (χ4v) is 1.57. The van der Waals surface area contributed by atoms with Gasteiger partial charge in [0.05, 0.1) is 12.1 Å². The minimum atomic E-state index is -0.384. The number of carbonyl (C=O) groups is 1. The van der Waals surface area contributed by atoms with Crippen molar-refractivity contribution >= 4 is 5.78 Å². The van der Waals surface area contributed by atoms with Crippen LogP contribution in [0.2, 0.25) is 0 Å². The highest BCUT2D eigenvalue weighted by Gasteiger charge is 2.36. The predicted molar refractivity (Wildman–Crippen MR) is 40.8 cm³/mol. The number of nitrogens with zero attached hydrogens (tertiary/aromatic N) is 2. The molecule has 0 aromatic rings. The molecule has 1 saturated heterocycles. The van der Waals surface area contributed by atoms with Gasteiger partial charge in [-0.2, -0.15) is 5.26 Å². The first-order valence-electron chi connectivity index (χ1n) is 3.84. The Bertz CT molecular complexity index is 207. The number of carbonyl (C=O) groups excluding carboxylic acids is 1. The topological polar surface area (TPSA) is 44.1 Å². The zero-order valence-electron chi connectivity index (χ0n) is 6.87. The predicted octanol–water partition coefficient (Wildman–Crippen LogP) is 0.419. The molecule has 0 bridgehead atoms. The smallest absolute Gasteiger partial charge is 0.168 e. The first-order valence-corrected chi connectivity index (χ1v) is 3.84. The molecule has 2 atom stereocenters. The average Bonchev–Trinajstić information content (AvgIpc) is 2.26. The largest absolute Gasteiger partial charge is 0.296 e. The lowest BCUT2D eigenvalue weighted by molar-refractivity contribution is -0.121. The van der Waals surface area contributed by atoms with Gasteiger partial charge >= 0.3 is 0 Å². The van der Waals surface area contributed by atoms with Crippen LogP contribution in [0.25, 0.3) is 0 Å². The number of likely N-dealkylation sites (tertiary alicyclic amines) is 1. The second-order valence-corrected chi connectivity index (χ2v) is 2.95. The molecule has 3 heteroatoms. The van der Waals surface area contributed by atoms with Crippen molar-refractivity contribution in [3.05, 3.63) is 0 Å². The van der Waals surface area contributed by atoms with Crippen molar-refractivity contribution < 1.29 is 4.79 Å². The van der Waals surface area contributed by atoms with Crippen LogP contribution >= 0.6 is 0 Å². The van der Waals surface area contributed by atoms with Gasteiger partial charge in [-0.05, 0) is 13.5 Å². The van der Waals surface area contributed by atoms with Crippen LogP contribution in [0.4, 0.5) is 0 Å². The Balaban J connectivity index is 2.72. The van der Waals surface area contributed by atoms with E-state index in [-0.39, 0.29) is 17.7 Å². The maximum absolute atomic E-state index is 11.3. The number of Topliss-reactive ketones (excluding diaryl/α,β-unsaturated/α-hetero) is 1. The Morgan fingerprint density at radius 2 is 2.45 bits per heavy atom. The first-order chi connectivity index (χ1) is 5.20. The molecule has 0 radical (unpaired) electrons. The lowest BCUT2D eigenvalue weighted by Crippen LogP contribution is -2.28. The molecule has 1 aliphatic heterocycles. The zero-order valence-corrected chi connectivity index (χ0v) is 6.87. The molecule has 1 heterocycles. The molecule has 1 aliphatic rings. The van der Waals surface area contributed by atoms with E-state index in [1.807, 2.05) is 24.9 Å². The quantitative estimate of drug-likeness (QED) is 0.547. The van der Waals surface area contributed by atoms with Gasteiger partial charge in [0.1, 0.15) is 5.92 Å². The van der Waals surface area contributed by atoms with E-state index in [9.17, 15) is 4.79 Å². The van der Waals surface area contributed by atoms with Gasteiger partial charge in [0, 0.05) is 6.54 Å². The van der Waals surface area contributed by atoms with Gasteiger partial charge in [-0.1, -0.05) is 6.92 Å². The SMILES string of the molecule is CCC1C(=O)C(C#N)CN1C. The van der Waals surface area contributed by atoms with E-state index < -0.39 is 0 Å². The Morgan fingerprint density at radius 3 is 2.73 bits per heavy atom. The number of rotatable bonds is 1. The van der Waals surface area contributed by atoms with Crippen molar-refractivity contribution in [3.63, 3.8) is 0 Å². The maximum Gasteiger partial charge on any atom is 0.168 e. The van der Waals surface area contributed by atoms with Crippen LogP contribution in [0, 0.1) is 17.2 Å². The van der Waals surface area contributed by atoms with Crippen LogP contribution in [0.15, 0.2) is 0 Å². The zero-order chi connectivity index (χ0) is 8.43. The second kappa shape index (κ2) is 3.02. The molecule has 60 valence electrons. The third-order valence-electron chi connectivity index (χ3n) is 2.22. The third-order valence-corrected chi connectivity index (χ3v) is 2.22. The van der Waals surface area contributed by atoms with Crippen LogP contribution in [0.3, 0.4) is 0 Å². The summed E-state index contributed by atoms with van der Waals surface area (Å²) in [5.74, 6) is -0.289. The van der Waals surface area contributed by atoms with E-state index in [0.29, 0.717) is 6.54 Å². The van der Waals surface area contributed by atoms with Crippen molar-refractivity contribution in [1.82, 2.24) is 4.90 Å². The lowest BCUT2D eigenvalue weighted by Gasteiger charge is -2.14. The van der Waals surface area contributed by atoms with Gasteiger partial charge in [0.2, 0.25) is 0 Å². The Labute approximate surface area is 66.6 Å². The molecule has 0 aliphatic carbocycles. The van der Waals surface area contributed by atoms with Gasteiger partial charge < -0.3 is 0 Å². The van der Waals surface area contributed by atoms with Crippen molar-refractivity contribution in [3.8, 4) is 6.07 Å². The summed E-state index contributed by atoms with van der Waals surface area (Å²) >= 11 is 0. The molecule has 0 aromatic carbocycles. The standard InChI is InChI=1S/C8H12N2O/c1-3-7-8(11)6(4-9)5-10(7)2/h6-7H,3,5H2,1-2H3. The molecule has 0 aromatic heterocycles. The molecule has 0 spiro atoms. The maximum atomic E-state index is 11.3. The Kier molecular flexibility index (Phi) is 2.25. The number of hydrogen-bond acceptors (Lipinski definition) is 3. The second-order valence-electron chi connectivity index (χ2n) is 2.95. The fraction of sp³-hybridized carbons (Fsp3) is 0.750. The highest BCUT2D eigenvalue weighted by atomic mass is 16.1. The summed E-state index contributed by atoms with van der Waals surface area (Å²) in [6, 6.07) is 2.00. The van der Waals surface area contributed by atoms with Gasteiger partial charge in [0.15, 0.2) is 5.78 Å². The van der Waals surface area contributed by atoms with Gasteiger partial charge in [-0.25, -0.2) is 0 Å². The summed E-state index contributed by atoms with van der Waals surface area (Å²) in [5, 5.41) is 8.57. The minimum Gasteiger partial charge on any atom is -0.296 e. The monoisotopic (exact) mass is 152 g/mol. The van der Waals surface area contributed by atoms with Crippen LogP contribution in [-0.2, 0) is 4.79 Å². The fourth-order valence-electron chi connectivity index (χ4n) is 1.57. The average molecular weight is 152 g/mol. The van der Waals surface area contributed by atoms with E-state index in [0.717, 1.165) is 6.42 Å². The van der Waals surface area contributed by atoms with Crippen molar-refractivity contribution in [2.45, 2.75) is 19.4 Å². The Hall–Kier alpha value is -0.880. The van der Waals surface area contributed by atoms with E-state index >= 15 is 0 Å². The van der Waals surface area contributed by atoms with E-state index in [4.69, 9.17) is 5.26 Å². The summed E-state index contributed by atoms with van der Waals surface area (Å²) in [6.07, 6.45) is 0.813. The number of nitriles is 1. The summed E-state index contributed by atoms with van der Waals surface area (Å²) in [4.78, 5) is 13.3. The van der Waals surface area contributed by atoms with Crippen LogP contribution in [-0.4, -0.2) is 30.3 Å². The summed E-state index contributed by atoms with van der Waals surface area (Å²) in [5.41, 5.74) is 0.